The molecule has 0 bridgehead atoms. The molecule has 4 aromatic heterocycles. The summed E-state index contributed by atoms with van der Waals surface area (Å²) < 4.78 is 23.5. The number of fused-ring (bicyclic) bond motifs is 8. The van der Waals surface area contributed by atoms with Crippen LogP contribution in [0.25, 0.3) is 116 Å². The zero-order valence-corrected chi connectivity index (χ0v) is 41.0. The Balaban J connectivity index is 1.17. The van der Waals surface area contributed by atoms with Gasteiger partial charge in [0.05, 0.1) is 43.7 Å². The molecule has 380 valence electrons. The van der Waals surface area contributed by atoms with E-state index in [1.165, 1.54) is 23.7 Å². The number of phenolic OH excluding ortho intramolecular Hbond substituents is 12. The number of hydrogen-bond acceptors (Lipinski definition) is 15. The van der Waals surface area contributed by atoms with Crippen LogP contribution in [0.3, 0.4) is 0 Å². The first kappa shape index (κ1) is 45.1. The zero-order chi connectivity index (χ0) is 53.8. The highest BCUT2D eigenvalue weighted by molar-refractivity contribution is 6.43. The van der Waals surface area contributed by atoms with Gasteiger partial charge in [-0.15, -0.1) is 0 Å². The molecule has 0 amide bonds. The van der Waals surface area contributed by atoms with Crippen LogP contribution in [0.2, 0.25) is 0 Å². The molecule has 9 aromatic carbocycles. The highest BCUT2D eigenvalue weighted by Gasteiger charge is 2.40. The molecular weight excluding hydrogens is 989 g/mol. The quantitative estimate of drug-likeness (QED) is 0.0338. The lowest BCUT2D eigenvalue weighted by Crippen LogP contribution is -2.09. The van der Waals surface area contributed by atoms with Crippen molar-refractivity contribution < 1.29 is 75.2 Å². The zero-order valence-electron chi connectivity index (χ0n) is 41.0. The number of ether oxygens (including phenoxy) is 1. The minimum atomic E-state index is -1.11. The summed E-state index contributed by atoms with van der Waals surface area (Å²) in [5.41, 5.74) is 1.64. The summed E-state index contributed by atoms with van der Waals surface area (Å²) in [6.45, 7) is 6.73. The van der Waals surface area contributed by atoms with Gasteiger partial charge in [-0.25, -0.2) is 0 Å². The van der Waals surface area contributed by atoms with Gasteiger partial charge in [0.2, 0.25) is 16.9 Å². The van der Waals surface area contributed by atoms with Crippen LogP contribution in [-0.2, 0) is 0 Å². The van der Waals surface area contributed by atoms with Gasteiger partial charge in [-0.3, -0.25) is 13.6 Å². The lowest BCUT2D eigenvalue weighted by atomic mass is 9.90. The van der Waals surface area contributed by atoms with Gasteiger partial charge in [0, 0.05) is 33.3 Å². The molecule has 0 spiro atoms. The van der Waals surface area contributed by atoms with Crippen LogP contribution in [0.4, 0.5) is 0 Å². The molecule has 0 atom stereocenters. The smallest absolute Gasteiger partial charge is 0.250 e. The van der Waals surface area contributed by atoms with Gasteiger partial charge >= 0.3 is 0 Å². The van der Waals surface area contributed by atoms with Crippen molar-refractivity contribution >= 4 is 95.4 Å². The number of aromatic hydroxyl groups is 12. The number of rotatable bonds is 4. The molecule has 77 heavy (non-hydrogen) atoms. The molecule has 19 heteroatoms. The van der Waals surface area contributed by atoms with Crippen LogP contribution < -0.4 is 10.2 Å². The summed E-state index contributed by atoms with van der Waals surface area (Å²) >= 11 is 0. The van der Waals surface area contributed by atoms with Crippen molar-refractivity contribution in [2.24, 2.45) is 0 Å². The maximum atomic E-state index is 13.0. The molecule has 1 aliphatic rings. The van der Waals surface area contributed by atoms with E-state index in [1.54, 1.807) is 48.7 Å². The molecule has 0 radical (unpaired) electrons. The Morgan fingerprint density at radius 1 is 0.338 bits per heavy atom. The van der Waals surface area contributed by atoms with E-state index in [0.717, 1.165) is 11.1 Å². The Kier molecular flexibility index (Phi) is 8.68. The highest BCUT2D eigenvalue weighted by atomic mass is 17.0. The van der Waals surface area contributed by atoms with E-state index < -0.39 is 90.9 Å². The summed E-state index contributed by atoms with van der Waals surface area (Å²) in [4.78, 5) is 0. The number of aryl methyl sites for hydroxylation is 3. The summed E-state index contributed by atoms with van der Waals surface area (Å²) in [7, 11) is 1.42. The number of hydrogen-bond donors (Lipinski definition) is 12. The van der Waals surface area contributed by atoms with Crippen LogP contribution in [0.15, 0.2) is 94.1 Å². The molecule has 14 rings (SSSR count). The molecule has 0 unspecified atom stereocenters. The van der Waals surface area contributed by atoms with Crippen molar-refractivity contribution in [1.29, 1.82) is 0 Å². The predicted molar refractivity (Wildman–Crippen MR) is 290 cm³/mol. The lowest BCUT2D eigenvalue weighted by molar-refractivity contribution is 0.0880. The number of phenols is 12. The summed E-state index contributed by atoms with van der Waals surface area (Å²) in [6.07, 6.45) is 0. The molecule has 0 aliphatic carbocycles. The van der Waals surface area contributed by atoms with Crippen LogP contribution >= 0.6 is 0 Å². The minimum Gasteiger partial charge on any atom is -0.507 e. The second kappa shape index (κ2) is 14.8. The van der Waals surface area contributed by atoms with E-state index in [4.69, 9.17) is 13.9 Å². The fraction of sp³-hybridized carbons (Fsp3) is 0.0690. The number of nitrogens with zero attached hydrogens (tertiary/aromatic N) is 3. The van der Waals surface area contributed by atoms with Crippen LogP contribution in [0.5, 0.6) is 80.5 Å². The summed E-state index contributed by atoms with van der Waals surface area (Å²) in [6, 6.07) is 25.5. The van der Waals surface area contributed by atoms with Gasteiger partial charge in [-0.1, -0.05) is 60.7 Å². The monoisotopic (exact) mass is 1030 g/mol. The van der Waals surface area contributed by atoms with Gasteiger partial charge in [0.25, 0.3) is 0 Å². The lowest BCUT2D eigenvalue weighted by Gasteiger charge is -2.20. The van der Waals surface area contributed by atoms with Crippen LogP contribution in [0.1, 0.15) is 22.3 Å². The molecule has 0 saturated heterocycles. The fourth-order valence-corrected chi connectivity index (χ4v) is 12.1. The molecular formula is C58H40BN3O15. The summed E-state index contributed by atoms with van der Waals surface area (Å²) in [5, 5.41) is 144. The molecule has 12 N–H and O–H groups in total. The first-order valence-corrected chi connectivity index (χ1v) is 24.1. The van der Waals surface area contributed by atoms with E-state index in [0.29, 0.717) is 39.0 Å². The van der Waals surface area contributed by atoms with Gasteiger partial charge in [-0.2, -0.15) is 0 Å². The highest BCUT2D eigenvalue weighted by Crippen LogP contribution is 2.64. The van der Waals surface area contributed by atoms with Crippen molar-refractivity contribution in [3.05, 3.63) is 107 Å². The van der Waals surface area contributed by atoms with Gasteiger partial charge in [0.15, 0.2) is 57.5 Å². The third-order valence-electron chi connectivity index (χ3n) is 15.8. The maximum absolute atomic E-state index is 13.0. The van der Waals surface area contributed by atoms with Crippen LogP contribution in [-0.4, -0.2) is 82.7 Å². The number of benzene rings is 9. The minimum absolute atomic E-state index is 0.0126. The molecule has 0 fully saturated rings. The SMILES string of the molecule is Bc1c(O)c(O)c(O)c2c3c(O)c(-c4c(O)c5ooc6c(O)c7c(c8c6n6c9c(c(O)c(O)c(C)c9c(c4O)c56)O8)c4c(C)c(O)c(C)c(C)c4n7-c4ccc(-c5ccccc5)cc4)c(O)c(O)c3n(-c3ccccc3)c12. The van der Waals surface area contributed by atoms with Crippen molar-refractivity contribution in [3.63, 3.8) is 0 Å². The van der Waals surface area contributed by atoms with Crippen molar-refractivity contribution in [2.75, 3.05) is 0 Å². The number of aromatic nitrogens is 3. The predicted octanol–water partition coefficient (Wildman–Crippen LogP) is 10.7. The van der Waals surface area contributed by atoms with Gasteiger partial charge < -0.3 is 75.1 Å². The topological polar surface area (TPSA) is 293 Å². The third-order valence-corrected chi connectivity index (χ3v) is 15.8. The second-order valence-corrected chi connectivity index (χ2v) is 19.6. The molecule has 13 aromatic rings. The Labute approximate surface area is 431 Å². The third kappa shape index (κ3) is 5.23. The standard InChI is InChI=1S/C58H40BN3O15/c1-19-20(2)43(63)21(3)28-32-39(60(36(19)28)26-17-15-24(16-18-26)23-11-7-5-8-12-23)52(72)58-42-55(32)75-56-40-27(22(4)44(64)54(56)74)29-41(62(40)42)57(76-77-58)49(69)34(45(29)65)33-46(66)31-30-37(35(59)50(70)53(73)47(30)67)61(25-13-9-6-10-14-25)38(31)51(71)48(33)68/h5-18,63-74H,59H2,1-4H3. The fourth-order valence-electron chi connectivity index (χ4n) is 12.1. The Hall–Kier alpha value is -10.6. The summed E-state index contributed by atoms with van der Waals surface area (Å²) in [5.74, 6) is -10.0. The Bertz CT molecular complexity index is 4950. The molecule has 1 aliphatic heterocycles. The average Bonchev–Trinajstić information content (AvgIpc) is 4.30. The van der Waals surface area contributed by atoms with E-state index in [1.807, 2.05) is 61.5 Å². The Morgan fingerprint density at radius 2 is 0.857 bits per heavy atom. The Morgan fingerprint density at radius 3 is 1.52 bits per heavy atom. The van der Waals surface area contributed by atoms with Crippen molar-refractivity contribution in [3.8, 4) is 114 Å². The van der Waals surface area contributed by atoms with E-state index in [-0.39, 0.29) is 82.9 Å². The van der Waals surface area contributed by atoms with E-state index in [9.17, 15) is 61.3 Å². The molecule has 5 heterocycles. The van der Waals surface area contributed by atoms with E-state index in [2.05, 4.69) is 0 Å². The maximum Gasteiger partial charge on any atom is 0.250 e. The second-order valence-electron chi connectivity index (χ2n) is 19.6. The first-order valence-electron chi connectivity index (χ1n) is 24.1. The van der Waals surface area contributed by atoms with Gasteiger partial charge in [0.1, 0.15) is 52.7 Å². The molecule has 0 saturated carbocycles. The van der Waals surface area contributed by atoms with Crippen molar-refractivity contribution in [1.82, 2.24) is 13.5 Å². The number of para-hydroxylation sites is 1. The normalized spacial score (nSPS) is 12.4. The average molecular weight is 1030 g/mol. The van der Waals surface area contributed by atoms with Crippen LogP contribution in [0, 0.1) is 27.7 Å². The van der Waals surface area contributed by atoms with Gasteiger partial charge in [-0.05, 0) is 79.7 Å². The molecule has 18 nitrogen and oxygen atoms in total. The largest absolute Gasteiger partial charge is 0.507 e. The first-order chi connectivity index (χ1) is 36.9. The van der Waals surface area contributed by atoms with Crippen molar-refractivity contribution in [2.45, 2.75) is 27.7 Å². The van der Waals surface area contributed by atoms with E-state index >= 15 is 0 Å².